The SMILES string of the molecule is CC#COc1nn(C)c(=O)n1C.O. The fraction of sp³-hybridized carbons (Fsp3) is 0.429. The highest BCUT2D eigenvalue weighted by molar-refractivity contribution is 4.99. The van der Waals surface area contributed by atoms with E-state index < -0.39 is 0 Å². The van der Waals surface area contributed by atoms with Crippen molar-refractivity contribution in [3.05, 3.63) is 10.5 Å². The van der Waals surface area contributed by atoms with Gasteiger partial charge in [0.1, 0.15) is 6.11 Å². The maximum atomic E-state index is 11.1. The predicted molar refractivity (Wildman–Crippen MR) is 46.1 cm³/mol. The van der Waals surface area contributed by atoms with Crippen LogP contribution in [0.1, 0.15) is 6.92 Å². The molecular weight excluding hydrogens is 174 g/mol. The van der Waals surface area contributed by atoms with Gasteiger partial charge in [-0.3, -0.25) is 0 Å². The topological polar surface area (TPSA) is 80.6 Å². The molecule has 6 heteroatoms. The molecule has 0 saturated carbocycles. The smallest absolute Gasteiger partial charge is 0.348 e. The normalized spacial score (nSPS) is 8.23. The first-order chi connectivity index (χ1) is 5.66. The molecule has 2 N–H and O–H groups in total. The number of hydrogen-bond donors (Lipinski definition) is 0. The summed E-state index contributed by atoms with van der Waals surface area (Å²) in [6.45, 7) is 1.64. The molecule has 0 saturated heterocycles. The number of aromatic nitrogens is 3. The second-order valence-electron chi connectivity index (χ2n) is 2.20. The van der Waals surface area contributed by atoms with Crippen molar-refractivity contribution in [2.24, 2.45) is 14.1 Å². The van der Waals surface area contributed by atoms with Gasteiger partial charge in [-0.15, -0.1) is 5.10 Å². The molecule has 0 aliphatic rings. The van der Waals surface area contributed by atoms with E-state index in [-0.39, 0.29) is 17.2 Å². The number of nitrogens with zero attached hydrogens (tertiary/aromatic N) is 3. The lowest BCUT2D eigenvalue weighted by Crippen LogP contribution is -2.20. The van der Waals surface area contributed by atoms with Crippen LogP contribution >= 0.6 is 0 Å². The van der Waals surface area contributed by atoms with Crippen LogP contribution in [0.15, 0.2) is 4.79 Å². The lowest BCUT2D eigenvalue weighted by Gasteiger charge is -1.90. The summed E-state index contributed by atoms with van der Waals surface area (Å²) < 4.78 is 7.33. The van der Waals surface area contributed by atoms with Gasteiger partial charge in [-0.2, -0.15) is 0 Å². The van der Waals surface area contributed by atoms with Gasteiger partial charge in [0.15, 0.2) is 0 Å². The van der Waals surface area contributed by atoms with Crippen molar-refractivity contribution >= 4 is 0 Å². The number of ether oxygens (including phenoxy) is 1. The summed E-state index contributed by atoms with van der Waals surface area (Å²) in [7, 11) is 3.12. The van der Waals surface area contributed by atoms with E-state index in [2.05, 4.69) is 17.1 Å². The Labute approximate surface area is 75.0 Å². The zero-order valence-electron chi connectivity index (χ0n) is 7.66. The summed E-state index contributed by atoms with van der Waals surface area (Å²) in [6.07, 6.45) is 2.36. The molecule has 0 amide bonds. The van der Waals surface area contributed by atoms with Crippen molar-refractivity contribution in [3.8, 4) is 18.0 Å². The molecule has 0 bridgehead atoms. The van der Waals surface area contributed by atoms with Gasteiger partial charge in [0, 0.05) is 21.0 Å². The molecule has 0 aromatic carbocycles. The summed E-state index contributed by atoms with van der Waals surface area (Å²) in [6, 6.07) is 0.205. The third kappa shape index (κ3) is 2.10. The lowest BCUT2D eigenvalue weighted by atomic mass is 10.8. The molecule has 72 valence electrons. The second-order valence-corrected chi connectivity index (χ2v) is 2.20. The van der Waals surface area contributed by atoms with E-state index in [0.29, 0.717) is 0 Å². The van der Waals surface area contributed by atoms with Crippen LogP contribution in [0, 0.1) is 12.0 Å². The predicted octanol–water partition coefficient (Wildman–Crippen LogP) is -1.35. The maximum Gasteiger partial charge on any atom is 0.348 e. The van der Waals surface area contributed by atoms with Crippen molar-refractivity contribution in [1.29, 1.82) is 0 Å². The summed E-state index contributed by atoms with van der Waals surface area (Å²) in [5.41, 5.74) is -0.233. The highest BCUT2D eigenvalue weighted by Crippen LogP contribution is 1.97. The van der Waals surface area contributed by atoms with Crippen molar-refractivity contribution in [1.82, 2.24) is 14.3 Å². The van der Waals surface area contributed by atoms with Crippen LogP contribution in [0.3, 0.4) is 0 Å². The molecule has 0 aliphatic carbocycles. The molecule has 0 radical (unpaired) electrons. The Balaban J connectivity index is 0.00000144. The van der Waals surface area contributed by atoms with Gasteiger partial charge in [0.25, 0.3) is 0 Å². The van der Waals surface area contributed by atoms with Gasteiger partial charge in [-0.1, -0.05) is 5.92 Å². The molecule has 0 fully saturated rings. The van der Waals surface area contributed by atoms with Crippen LogP contribution < -0.4 is 10.4 Å². The number of hydrogen-bond acceptors (Lipinski definition) is 3. The summed E-state index contributed by atoms with van der Waals surface area (Å²) >= 11 is 0. The van der Waals surface area contributed by atoms with E-state index in [9.17, 15) is 4.79 Å². The van der Waals surface area contributed by atoms with Gasteiger partial charge in [0.2, 0.25) is 0 Å². The van der Waals surface area contributed by atoms with E-state index >= 15 is 0 Å². The fourth-order valence-corrected chi connectivity index (χ4v) is 0.723. The number of aryl methyl sites for hydroxylation is 1. The molecule has 1 heterocycles. The van der Waals surface area contributed by atoms with E-state index in [1.807, 2.05) is 0 Å². The van der Waals surface area contributed by atoms with Gasteiger partial charge < -0.3 is 10.2 Å². The molecule has 0 aliphatic heterocycles. The Bertz CT molecular complexity index is 393. The van der Waals surface area contributed by atoms with Crippen LogP contribution in [0.25, 0.3) is 0 Å². The monoisotopic (exact) mass is 185 g/mol. The largest absolute Gasteiger partial charge is 0.412 e. The molecule has 0 atom stereocenters. The van der Waals surface area contributed by atoms with Crippen LogP contribution in [0.4, 0.5) is 0 Å². The third-order valence-corrected chi connectivity index (χ3v) is 1.33. The molecule has 1 aromatic heterocycles. The van der Waals surface area contributed by atoms with E-state index in [1.165, 1.54) is 9.25 Å². The zero-order valence-corrected chi connectivity index (χ0v) is 7.66. The van der Waals surface area contributed by atoms with Gasteiger partial charge in [-0.25, -0.2) is 14.0 Å². The van der Waals surface area contributed by atoms with Gasteiger partial charge >= 0.3 is 11.7 Å². The van der Waals surface area contributed by atoms with Crippen molar-refractivity contribution < 1.29 is 10.2 Å². The molecule has 13 heavy (non-hydrogen) atoms. The van der Waals surface area contributed by atoms with E-state index in [1.54, 1.807) is 21.0 Å². The van der Waals surface area contributed by atoms with Crippen LogP contribution in [-0.4, -0.2) is 19.8 Å². The molecule has 6 nitrogen and oxygen atoms in total. The van der Waals surface area contributed by atoms with Crippen LogP contribution in [0.5, 0.6) is 6.01 Å². The minimum atomic E-state index is -0.233. The van der Waals surface area contributed by atoms with Gasteiger partial charge in [-0.05, 0) is 0 Å². The Kier molecular flexibility index (Phi) is 3.75. The third-order valence-electron chi connectivity index (χ3n) is 1.33. The van der Waals surface area contributed by atoms with Crippen molar-refractivity contribution in [2.75, 3.05) is 0 Å². The Morgan fingerprint density at radius 2 is 2.08 bits per heavy atom. The van der Waals surface area contributed by atoms with Crippen molar-refractivity contribution in [2.45, 2.75) is 6.92 Å². The van der Waals surface area contributed by atoms with E-state index in [4.69, 9.17) is 4.74 Å². The first kappa shape index (κ1) is 11.3. The molecule has 1 aromatic rings. The zero-order chi connectivity index (χ0) is 9.14. The minimum absolute atomic E-state index is 0. The fourth-order valence-electron chi connectivity index (χ4n) is 0.723. The maximum absolute atomic E-state index is 11.1. The Morgan fingerprint density at radius 3 is 2.46 bits per heavy atom. The highest BCUT2D eigenvalue weighted by Gasteiger charge is 2.06. The molecule has 1 rings (SSSR count). The second kappa shape index (κ2) is 4.33. The molecule has 0 unspecified atom stereocenters. The summed E-state index contributed by atoms with van der Waals surface area (Å²) in [4.78, 5) is 11.1. The Morgan fingerprint density at radius 1 is 1.46 bits per heavy atom. The summed E-state index contributed by atoms with van der Waals surface area (Å²) in [5.74, 6) is 2.54. The first-order valence-electron chi connectivity index (χ1n) is 3.35. The number of rotatable bonds is 1. The molecule has 0 spiro atoms. The minimum Gasteiger partial charge on any atom is -0.412 e. The van der Waals surface area contributed by atoms with Gasteiger partial charge in [0.05, 0.1) is 0 Å². The quantitative estimate of drug-likeness (QED) is 0.507. The van der Waals surface area contributed by atoms with E-state index in [0.717, 1.165) is 0 Å². The van der Waals surface area contributed by atoms with Crippen LogP contribution in [0.2, 0.25) is 0 Å². The van der Waals surface area contributed by atoms with Crippen LogP contribution in [-0.2, 0) is 14.1 Å². The lowest BCUT2D eigenvalue weighted by molar-refractivity contribution is 0.447. The average Bonchev–Trinajstić information content (AvgIpc) is 2.30. The molecular formula is C7H11N3O3. The van der Waals surface area contributed by atoms with Crippen molar-refractivity contribution in [3.63, 3.8) is 0 Å². The summed E-state index contributed by atoms with van der Waals surface area (Å²) in [5, 5.41) is 3.79. The Hall–Kier alpha value is -1.74. The average molecular weight is 185 g/mol. The standard InChI is InChI=1S/C7H9N3O2.H2O/c1-4-5-12-6-8-10(3)7(11)9(6)2;/h1-3H3;1H2. The first-order valence-corrected chi connectivity index (χ1v) is 3.35. The highest BCUT2D eigenvalue weighted by atomic mass is 16.5.